The summed E-state index contributed by atoms with van der Waals surface area (Å²) in [4.78, 5) is 14.8. The molecule has 0 amide bonds. The zero-order valence-corrected chi connectivity index (χ0v) is 12.9. The lowest BCUT2D eigenvalue weighted by molar-refractivity contribution is 0.0544. The van der Waals surface area contributed by atoms with Crippen LogP contribution in [-0.2, 0) is 4.74 Å². The van der Waals surface area contributed by atoms with Gasteiger partial charge < -0.3 is 4.74 Å². The molecule has 22 heavy (non-hydrogen) atoms. The van der Waals surface area contributed by atoms with E-state index in [1.165, 1.54) is 4.57 Å². The second-order valence-electron chi connectivity index (χ2n) is 5.80. The summed E-state index contributed by atoms with van der Waals surface area (Å²) in [5.74, 6) is 0. The molecule has 0 atom stereocenters. The molecule has 0 fully saturated rings. The standard InChI is InChI=1S/C16H18N4O2/c1-16(2,3)22-15(21)20-10-8-13-11-12(6-7-14(13)20)5-4-9-18-19-17/h4-8,10-11H,9H2,1-3H3. The van der Waals surface area contributed by atoms with Gasteiger partial charge in [0.05, 0.1) is 5.52 Å². The molecule has 1 aromatic carbocycles. The highest BCUT2D eigenvalue weighted by atomic mass is 16.6. The van der Waals surface area contributed by atoms with Crippen LogP contribution in [0, 0.1) is 0 Å². The topological polar surface area (TPSA) is 80.0 Å². The highest BCUT2D eigenvalue weighted by Gasteiger charge is 2.18. The quantitative estimate of drug-likeness (QED) is 0.465. The van der Waals surface area contributed by atoms with Gasteiger partial charge in [-0.25, -0.2) is 4.79 Å². The molecule has 0 saturated heterocycles. The number of rotatable bonds is 3. The molecular weight excluding hydrogens is 280 g/mol. The first kappa shape index (κ1) is 15.7. The van der Waals surface area contributed by atoms with Crippen molar-refractivity contribution in [1.82, 2.24) is 4.57 Å². The maximum Gasteiger partial charge on any atom is 0.418 e. The number of hydrogen-bond acceptors (Lipinski definition) is 3. The van der Waals surface area contributed by atoms with Crippen molar-refractivity contribution in [3.05, 3.63) is 52.5 Å². The monoisotopic (exact) mass is 298 g/mol. The van der Waals surface area contributed by atoms with Crippen molar-refractivity contribution in [1.29, 1.82) is 0 Å². The van der Waals surface area contributed by atoms with E-state index in [2.05, 4.69) is 10.0 Å². The van der Waals surface area contributed by atoms with E-state index in [0.29, 0.717) is 6.54 Å². The van der Waals surface area contributed by atoms with Gasteiger partial charge in [-0.15, -0.1) is 0 Å². The van der Waals surface area contributed by atoms with E-state index < -0.39 is 11.7 Å². The van der Waals surface area contributed by atoms with Crippen molar-refractivity contribution in [2.75, 3.05) is 6.54 Å². The number of hydrogen-bond donors (Lipinski definition) is 0. The van der Waals surface area contributed by atoms with Crippen molar-refractivity contribution in [3.8, 4) is 0 Å². The third-order valence-corrected chi connectivity index (χ3v) is 2.87. The van der Waals surface area contributed by atoms with Crippen LogP contribution in [0.5, 0.6) is 0 Å². The molecule has 0 aliphatic heterocycles. The first-order chi connectivity index (χ1) is 10.4. The number of fused-ring (bicyclic) bond motifs is 1. The van der Waals surface area contributed by atoms with Gasteiger partial charge in [0.2, 0.25) is 0 Å². The van der Waals surface area contributed by atoms with E-state index >= 15 is 0 Å². The Morgan fingerprint density at radius 1 is 1.41 bits per heavy atom. The van der Waals surface area contributed by atoms with Crippen LogP contribution in [0.3, 0.4) is 0 Å². The van der Waals surface area contributed by atoms with Crippen LogP contribution in [0.4, 0.5) is 4.79 Å². The van der Waals surface area contributed by atoms with Crippen LogP contribution < -0.4 is 0 Å². The first-order valence-corrected chi connectivity index (χ1v) is 6.92. The zero-order valence-electron chi connectivity index (χ0n) is 12.9. The minimum atomic E-state index is -0.530. The van der Waals surface area contributed by atoms with Gasteiger partial charge in [0.15, 0.2) is 0 Å². The van der Waals surface area contributed by atoms with Gasteiger partial charge in [-0.3, -0.25) is 4.57 Å². The number of aromatic nitrogens is 1. The van der Waals surface area contributed by atoms with Gasteiger partial charge in [0.1, 0.15) is 5.60 Å². The molecule has 0 bridgehead atoms. The van der Waals surface area contributed by atoms with Gasteiger partial charge in [0.25, 0.3) is 0 Å². The number of nitrogens with zero attached hydrogens (tertiary/aromatic N) is 4. The maximum absolute atomic E-state index is 12.1. The summed E-state index contributed by atoms with van der Waals surface area (Å²) >= 11 is 0. The fourth-order valence-corrected chi connectivity index (χ4v) is 2.01. The zero-order chi connectivity index (χ0) is 16.2. The summed E-state index contributed by atoms with van der Waals surface area (Å²) in [5, 5.41) is 4.38. The van der Waals surface area contributed by atoms with Crippen molar-refractivity contribution in [2.45, 2.75) is 26.4 Å². The van der Waals surface area contributed by atoms with E-state index in [4.69, 9.17) is 10.3 Å². The average molecular weight is 298 g/mol. The molecule has 2 rings (SSSR count). The summed E-state index contributed by atoms with van der Waals surface area (Å²) < 4.78 is 6.87. The third-order valence-electron chi connectivity index (χ3n) is 2.87. The summed E-state index contributed by atoms with van der Waals surface area (Å²) in [6, 6.07) is 7.59. The number of benzene rings is 1. The van der Waals surface area contributed by atoms with Gasteiger partial charge in [-0.1, -0.05) is 23.3 Å². The van der Waals surface area contributed by atoms with Crippen LogP contribution in [0.1, 0.15) is 26.3 Å². The lowest BCUT2D eigenvalue weighted by atomic mass is 10.1. The van der Waals surface area contributed by atoms with Crippen molar-refractivity contribution in [2.24, 2.45) is 5.11 Å². The van der Waals surface area contributed by atoms with Crippen molar-refractivity contribution < 1.29 is 9.53 Å². The second kappa shape index (κ2) is 6.37. The normalized spacial score (nSPS) is 11.6. The molecule has 1 aromatic heterocycles. The Hall–Kier alpha value is -2.72. The number of carbonyl (C=O) groups excluding carboxylic acids is 1. The van der Waals surface area contributed by atoms with Gasteiger partial charge in [-0.05, 0) is 50.1 Å². The Morgan fingerprint density at radius 3 is 2.86 bits per heavy atom. The minimum absolute atomic E-state index is 0.313. The van der Waals surface area contributed by atoms with Gasteiger partial charge in [0, 0.05) is 23.0 Å². The minimum Gasteiger partial charge on any atom is -0.443 e. The van der Waals surface area contributed by atoms with E-state index in [-0.39, 0.29) is 0 Å². The Morgan fingerprint density at radius 2 is 2.18 bits per heavy atom. The third kappa shape index (κ3) is 3.90. The van der Waals surface area contributed by atoms with Gasteiger partial charge >= 0.3 is 6.09 Å². The molecule has 1 heterocycles. The average Bonchev–Trinajstić information content (AvgIpc) is 2.85. The summed E-state index contributed by atoms with van der Waals surface area (Å²) in [7, 11) is 0. The molecule has 0 spiro atoms. The van der Waals surface area contributed by atoms with Gasteiger partial charge in [-0.2, -0.15) is 0 Å². The number of ether oxygens (including phenoxy) is 1. The van der Waals surface area contributed by atoms with Crippen LogP contribution in [0.2, 0.25) is 0 Å². The Labute approximate surface area is 128 Å². The van der Waals surface area contributed by atoms with Crippen LogP contribution in [-0.4, -0.2) is 22.8 Å². The predicted octanol–water partition coefficient (Wildman–Crippen LogP) is 4.75. The summed E-state index contributed by atoms with van der Waals surface area (Å²) in [6.07, 6.45) is 4.96. The lowest BCUT2D eigenvalue weighted by Gasteiger charge is -2.19. The van der Waals surface area contributed by atoms with E-state index in [1.54, 1.807) is 12.3 Å². The second-order valence-corrected chi connectivity index (χ2v) is 5.80. The predicted molar refractivity (Wildman–Crippen MR) is 86.6 cm³/mol. The molecule has 0 aliphatic rings. The molecule has 2 aromatic rings. The smallest absolute Gasteiger partial charge is 0.418 e. The molecule has 0 radical (unpaired) electrons. The Bertz CT molecular complexity index is 762. The first-order valence-electron chi connectivity index (χ1n) is 6.92. The Balaban J connectivity index is 2.25. The summed E-state index contributed by atoms with van der Waals surface area (Å²) in [5.41, 5.74) is 9.46. The largest absolute Gasteiger partial charge is 0.443 e. The fourth-order valence-electron chi connectivity index (χ4n) is 2.01. The molecule has 114 valence electrons. The Kier molecular flexibility index (Phi) is 4.53. The van der Waals surface area contributed by atoms with Crippen LogP contribution in [0.15, 0.2) is 41.7 Å². The summed E-state index contributed by atoms with van der Waals surface area (Å²) in [6.45, 7) is 5.82. The number of azide groups is 1. The molecule has 6 heteroatoms. The number of carbonyl (C=O) groups is 1. The molecular formula is C16H18N4O2. The molecule has 0 aliphatic carbocycles. The molecule has 0 saturated carbocycles. The van der Waals surface area contributed by atoms with E-state index in [9.17, 15) is 4.79 Å². The SMILES string of the molecule is CC(C)(C)OC(=O)n1ccc2cc(C=CCN=[N+]=[N-])ccc21. The lowest BCUT2D eigenvalue weighted by Crippen LogP contribution is -2.26. The highest BCUT2D eigenvalue weighted by molar-refractivity contribution is 5.90. The van der Waals surface area contributed by atoms with E-state index in [0.717, 1.165) is 16.5 Å². The van der Waals surface area contributed by atoms with Crippen molar-refractivity contribution in [3.63, 3.8) is 0 Å². The van der Waals surface area contributed by atoms with Crippen LogP contribution in [0.25, 0.3) is 27.4 Å². The maximum atomic E-state index is 12.1. The van der Waals surface area contributed by atoms with E-state index in [1.807, 2.05) is 51.1 Å². The highest BCUT2D eigenvalue weighted by Crippen LogP contribution is 2.20. The fraction of sp³-hybridized carbons (Fsp3) is 0.312. The molecule has 0 N–H and O–H groups in total. The molecule has 0 unspecified atom stereocenters. The van der Waals surface area contributed by atoms with Crippen LogP contribution >= 0.6 is 0 Å². The van der Waals surface area contributed by atoms with Crippen molar-refractivity contribution >= 4 is 23.1 Å². The molecule has 6 nitrogen and oxygen atoms in total.